The second kappa shape index (κ2) is 12.2. The average Bonchev–Trinajstić information content (AvgIpc) is 3.32. The third kappa shape index (κ3) is 7.18. The first kappa shape index (κ1) is 26.1. The van der Waals surface area contributed by atoms with E-state index in [9.17, 15) is 9.59 Å². The molecule has 0 spiro atoms. The average molecular weight is 478 g/mol. The minimum Gasteiger partial charge on any atom is -0.494 e. The first-order chi connectivity index (χ1) is 15.2. The maximum Gasteiger partial charge on any atom is 0.337 e. The Morgan fingerprint density at radius 1 is 1.03 bits per heavy atom. The van der Waals surface area contributed by atoms with Crippen molar-refractivity contribution < 1.29 is 23.8 Å². The SMILES string of the molecule is CCOC(=O)C(N)(CCc1ccc(OCCC[Si](C)(C)c2cccs2)cc1)C(=O)OCC. The van der Waals surface area contributed by atoms with E-state index in [0.29, 0.717) is 13.0 Å². The molecule has 1 aromatic heterocycles. The smallest absolute Gasteiger partial charge is 0.337 e. The fourth-order valence-corrected chi connectivity index (χ4v) is 7.46. The van der Waals surface area contributed by atoms with E-state index in [-0.39, 0.29) is 19.6 Å². The Kier molecular flexibility index (Phi) is 9.93. The van der Waals surface area contributed by atoms with Gasteiger partial charge >= 0.3 is 11.9 Å². The maximum absolute atomic E-state index is 12.3. The Morgan fingerprint density at radius 2 is 1.66 bits per heavy atom. The number of carbonyl (C=O) groups is 2. The number of benzene rings is 1. The topological polar surface area (TPSA) is 87.9 Å². The standard InChI is InChI=1S/C24H35NO5SSi/c1-5-28-22(26)24(25,23(27)29-6-2)15-14-19-10-12-20(13-11-19)30-16-8-18-32(3,4)21-9-7-17-31-21/h7,9-13,17H,5-6,8,14-16,18,25H2,1-4H3. The lowest BCUT2D eigenvalue weighted by Crippen LogP contribution is -2.57. The molecular weight excluding hydrogens is 442 g/mol. The first-order valence-corrected chi connectivity index (χ1v) is 15.2. The molecule has 0 aliphatic rings. The number of ether oxygens (including phenoxy) is 3. The summed E-state index contributed by atoms with van der Waals surface area (Å²) in [6.45, 7) is 9.13. The molecule has 0 radical (unpaired) electrons. The maximum atomic E-state index is 12.3. The van der Waals surface area contributed by atoms with Crippen LogP contribution < -0.4 is 15.0 Å². The molecule has 0 fully saturated rings. The summed E-state index contributed by atoms with van der Waals surface area (Å²) in [6.07, 6.45) is 1.57. The zero-order valence-corrected chi connectivity index (χ0v) is 21.3. The van der Waals surface area contributed by atoms with E-state index in [1.807, 2.05) is 35.6 Å². The van der Waals surface area contributed by atoms with Crippen LogP contribution in [0.25, 0.3) is 0 Å². The molecule has 6 nitrogen and oxygen atoms in total. The molecule has 0 atom stereocenters. The van der Waals surface area contributed by atoms with Crippen LogP contribution in [0.3, 0.4) is 0 Å². The van der Waals surface area contributed by atoms with Crippen LogP contribution in [0.1, 0.15) is 32.3 Å². The molecule has 8 heteroatoms. The van der Waals surface area contributed by atoms with Crippen molar-refractivity contribution >= 4 is 35.8 Å². The minimum absolute atomic E-state index is 0.104. The molecule has 0 bridgehead atoms. The van der Waals surface area contributed by atoms with Crippen LogP contribution in [0.5, 0.6) is 5.75 Å². The van der Waals surface area contributed by atoms with Gasteiger partial charge in [0, 0.05) is 0 Å². The van der Waals surface area contributed by atoms with Gasteiger partial charge in [-0.2, -0.15) is 11.3 Å². The van der Waals surface area contributed by atoms with Gasteiger partial charge in [0.1, 0.15) is 5.75 Å². The number of thiophene rings is 1. The Morgan fingerprint density at radius 3 is 2.19 bits per heavy atom. The number of rotatable bonds is 13. The van der Waals surface area contributed by atoms with Crippen molar-refractivity contribution in [2.45, 2.75) is 57.8 Å². The summed E-state index contributed by atoms with van der Waals surface area (Å²) in [7, 11) is -1.38. The highest BCUT2D eigenvalue weighted by atomic mass is 32.1. The molecule has 32 heavy (non-hydrogen) atoms. The van der Waals surface area contributed by atoms with Crippen LogP contribution in [0, 0.1) is 0 Å². The Hall–Kier alpha value is -2.16. The minimum atomic E-state index is -1.81. The van der Waals surface area contributed by atoms with Crippen LogP contribution in [-0.2, 0) is 25.5 Å². The van der Waals surface area contributed by atoms with Gasteiger partial charge in [0.05, 0.1) is 27.9 Å². The predicted octanol–water partition coefficient (Wildman–Crippen LogP) is 3.89. The molecule has 0 saturated carbocycles. The molecule has 0 aliphatic carbocycles. The van der Waals surface area contributed by atoms with E-state index >= 15 is 0 Å². The monoisotopic (exact) mass is 477 g/mol. The molecule has 2 aromatic rings. The lowest BCUT2D eigenvalue weighted by Gasteiger charge is -2.24. The van der Waals surface area contributed by atoms with Crippen LogP contribution in [0.2, 0.25) is 19.1 Å². The van der Waals surface area contributed by atoms with Gasteiger partial charge in [-0.1, -0.05) is 37.4 Å². The highest BCUT2D eigenvalue weighted by Crippen LogP contribution is 2.20. The Labute approximate surface area is 196 Å². The van der Waals surface area contributed by atoms with Crippen molar-refractivity contribution in [3.63, 3.8) is 0 Å². The number of carbonyl (C=O) groups excluding carboxylic acids is 2. The molecule has 0 amide bonds. The van der Waals surface area contributed by atoms with Gasteiger partial charge in [-0.25, -0.2) is 9.59 Å². The van der Waals surface area contributed by atoms with Gasteiger partial charge in [0.15, 0.2) is 0 Å². The van der Waals surface area contributed by atoms with Gasteiger partial charge in [0.2, 0.25) is 5.54 Å². The van der Waals surface area contributed by atoms with Gasteiger partial charge in [-0.15, -0.1) is 0 Å². The normalized spacial score (nSPS) is 11.8. The van der Waals surface area contributed by atoms with Crippen LogP contribution >= 0.6 is 11.3 Å². The van der Waals surface area contributed by atoms with Gasteiger partial charge in [0.25, 0.3) is 0 Å². The largest absolute Gasteiger partial charge is 0.494 e. The van der Waals surface area contributed by atoms with Crippen molar-refractivity contribution in [3.8, 4) is 5.75 Å². The summed E-state index contributed by atoms with van der Waals surface area (Å²) in [5, 5.41) is 2.15. The summed E-state index contributed by atoms with van der Waals surface area (Å²) in [5.41, 5.74) is 5.26. The third-order valence-electron chi connectivity index (χ3n) is 5.41. The second-order valence-electron chi connectivity index (χ2n) is 8.37. The molecule has 2 N–H and O–H groups in total. The molecule has 0 aliphatic heterocycles. The summed E-state index contributed by atoms with van der Waals surface area (Å²) in [6, 6.07) is 13.2. The first-order valence-electron chi connectivity index (χ1n) is 11.1. The highest BCUT2D eigenvalue weighted by Gasteiger charge is 2.44. The molecule has 0 saturated heterocycles. The van der Waals surface area contributed by atoms with E-state index in [1.165, 1.54) is 10.5 Å². The Bertz CT molecular complexity index is 834. The van der Waals surface area contributed by atoms with Crippen LogP contribution in [0.15, 0.2) is 41.8 Å². The van der Waals surface area contributed by atoms with Crippen molar-refractivity contribution in [1.29, 1.82) is 0 Å². The fourth-order valence-electron chi connectivity index (χ4n) is 3.39. The number of aryl methyl sites for hydroxylation is 1. The molecule has 1 heterocycles. The van der Waals surface area contributed by atoms with Crippen molar-refractivity contribution in [2.75, 3.05) is 19.8 Å². The number of hydrogen-bond donors (Lipinski definition) is 1. The third-order valence-corrected chi connectivity index (χ3v) is 11.2. The second-order valence-corrected chi connectivity index (χ2v) is 14.5. The van der Waals surface area contributed by atoms with E-state index in [1.54, 1.807) is 13.8 Å². The van der Waals surface area contributed by atoms with Gasteiger partial charge in [-0.3, -0.25) is 0 Å². The van der Waals surface area contributed by atoms with E-state index < -0.39 is 25.6 Å². The quantitative estimate of drug-likeness (QED) is 0.204. The number of nitrogens with two attached hydrogens (primary N) is 1. The van der Waals surface area contributed by atoms with Crippen LogP contribution in [-0.4, -0.2) is 45.4 Å². The van der Waals surface area contributed by atoms with Crippen molar-refractivity contribution in [2.24, 2.45) is 5.73 Å². The Balaban J connectivity index is 1.86. The number of hydrogen-bond acceptors (Lipinski definition) is 7. The summed E-state index contributed by atoms with van der Waals surface area (Å²) < 4.78 is 17.4. The lowest BCUT2D eigenvalue weighted by atomic mass is 9.92. The fraction of sp³-hybridized carbons (Fsp3) is 0.500. The zero-order chi connectivity index (χ0) is 23.6. The van der Waals surface area contributed by atoms with E-state index in [2.05, 4.69) is 30.6 Å². The molecule has 0 unspecified atom stereocenters. The predicted molar refractivity (Wildman–Crippen MR) is 131 cm³/mol. The van der Waals surface area contributed by atoms with E-state index in [4.69, 9.17) is 19.9 Å². The number of esters is 2. The zero-order valence-electron chi connectivity index (χ0n) is 19.5. The van der Waals surface area contributed by atoms with Crippen molar-refractivity contribution in [3.05, 3.63) is 47.3 Å². The van der Waals surface area contributed by atoms with Crippen LogP contribution in [0.4, 0.5) is 0 Å². The highest BCUT2D eigenvalue weighted by molar-refractivity contribution is 7.25. The van der Waals surface area contributed by atoms with Gasteiger partial charge < -0.3 is 19.9 Å². The van der Waals surface area contributed by atoms with E-state index in [0.717, 1.165) is 17.7 Å². The lowest BCUT2D eigenvalue weighted by molar-refractivity contribution is -0.164. The summed E-state index contributed by atoms with van der Waals surface area (Å²) in [4.78, 5) is 24.6. The summed E-state index contributed by atoms with van der Waals surface area (Å²) in [5.74, 6) is -0.709. The molecule has 2 rings (SSSR count). The summed E-state index contributed by atoms with van der Waals surface area (Å²) >= 11 is 1.85. The molecule has 1 aromatic carbocycles. The molecular formula is C24H35NO5SSi. The molecule has 176 valence electrons. The van der Waals surface area contributed by atoms with Crippen molar-refractivity contribution in [1.82, 2.24) is 0 Å². The van der Waals surface area contributed by atoms with Gasteiger partial charge in [-0.05, 0) is 66.7 Å².